The molecule has 2 aromatic carbocycles. The number of aryl methyl sites for hydroxylation is 1. The third-order valence-electron chi connectivity index (χ3n) is 9.28. The Morgan fingerprint density at radius 1 is 0.756 bits per heavy atom. The molecule has 4 rings (SSSR count). The molecule has 2 aliphatic heterocycles. The molecule has 0 bridgehead atoms. The van der Waals surface area contributed by atoms with Gasteiger partial charge in [-0.3, -0.25) is 0 Å². The standard InChI is InChI=1S/C40H58FN4/c1-31-21-23-35-33(29-31)39(2,3)37(42(35)25-17-27-44(6,7)8)19-15-13-12-14-16-20-38-40(4,5)34-30-32(41)22-24-36(34)43(38)26-18-28-45(9,10)11/h12-16,19-24,29-30H,17-18,25-28H2,1-11H3/q+3. The number of rotatable bonds is 12. The largest absolute Gasteiger partial charge is 0.344 e. The van der Waals surface area contributed by atoms with Crippen molar-refractivity contribution in [2.45, 2.75) is 58.3 Å². The van der Waals surface area contributed by atoms with Crippen LogP contribution < -0.4 is 4.90 Å². The zero-order valence-electron chi connectivity index (χ0n) is 29.9. The lowest BCUT2D eigenvalue weighted by Gasteiger charge is -2.29. The molecule has 0 aliphatic carbocycles. The summed E-state index contributed by atoms with van der Waals surface area (Å²) in [7, 11) is 13.5. The first-order chi connectivity index (χ1) is 20.9. The molecule has 0 fully saturated rings. The molecule has 0 saturated heterocycles. The Hall–Kier alpha value is -3.28. The SMILES string of the molecule is Cc1ccc2c(c1)C(C)(C)\C(=C/C=C/C=C/C=C/C1=[N+](CCC[N+](C)(C)C)c3ccc(F)cc3C1(C)C)N2CCC[N+](C)(C)C. The van der Waals surface area contributed by atoms with Crippen molar-refractivity contribution in [3.63, 3.8) is 0 Å². The smallest absolute Gasteiger partial charge is 0.209 e. The summed E-state index contributed by atoms with van der Waals surface area (Å²) in [5.41, 5.74) is 8.48. The van der Waals surface area contributed by atoms with Crippen LogP contribution in [0.2, 0.25) is 0 Å². The molecule has 2 aliphatic rings. The zero-order valence-corrected chi connectivity index (χ0v) is 29.9. The van der Waals surface area contributed by atoms with Gasteiger partial charge in [0.15, 0.2) is 12.3 Å². The molecule has 0 aromatic heterocycles. The summed E-state index contributed by atoms with van der Waals surface area (Å²) in [5.74, 6) is -0.173. The van der Waals surface area contributed by atoms with Gasteiger partial charge in [-0.15, -0.1) is 0 Å². The van der Waals surface area contributed by atoms with Crippen molar-refractivity contribution in [2.24, 2.45) is 0 Å². The number of allylic oxidation sites excluding steroid dienone is 8. The highest BCUT2D eigenvalue weighted by molar-refractivity contribution is 6.03. The number of hydrogen-bond acceptors (Lipinski definition) is 1. The summed E-state index contributed by atoms with van der Waals surface area (Å²) in [5, 5.41) is 0. The van der Waals surface area contributed by atoms with E-state index in [1.807, 2.05) is 6.07 Å². The Morgan fingerprint density at radius 2 is 1.40 bits per heavy atom. The number of hydrogen-bond donors (Lipinski definition) is 0. The second-order valence-electron chi connectivity index (χ2n) is 16.0. The van der Waals surface area contributed by atoms with E-state index in [1.165, 1.54) is 28.2 Å². The molecule has 2 heterocycles. The second kappa shape index (κ2) is 13.2. The van der Waals surface area contributed by atoms with Gasteiger partial charge in [0, 0.05) is 47.5 Å². The first-order valence-corrected chi connectivity index (χ1v) is 16.6. The summed E-state index contributed by atoms with van der Waals surface area (Å²) in [6.07, 6.45) is 17.3. The molecule has 45 heavy (non-hydrogen) atoms. The Labute approximate surface area is 273 Å². The fourth-order valence-electron chi connectivity index (χ4n) is 6.81. The van der Waals surface area contributed by atoms with E-state index in [0.717, 1.165) is 59.2 Å². The van der Waals surface area contributed by atoms with Gasteiger partial charge in [0.05, 0.1) is 67.2 Å². The molecule has 242 valence electrons. The predicted octanol–water partition coefficient (Wildman–Crippen LogP) is 8.05. The Morgan fingerprint density at radius 3 is 2.09 bits per heavy atom. The van der Waals surface area contributed by atoms with Crippen LogP contribution in [-0.2, 0) is 10.8 Å². The molecule has 0 atom stereocenters. The van der Waals surface area contributed by atoms with Crippen LogP contribution in [0.3, 0.4) is 0 Å². The second-order valence-corrected chi connectivity index (χ2v) is 16.0. The molecule has 2 aromatic rings. The van der Waals surface area contributed by atoms with Gasteiger partial charge in [-0.1, -0.05) is 61.9 Å². The van der Waals surface area contributed by atoms with Crippen molar-refractivity contribution in [3.8, 4) is 0 Å². The molecule has 0 spiro atoms. The summed E-state index contributed by atoms with van der Waals surface area (Å²) in [4.78, 5) is 2.53. The van der Waals surface area contributed by atoms with Gasteiger partial charge in [-0.05, 0) is 50.6 Å². The Kier molecular flexibility index (Phi) is 10.2. The van der Waals surface area contributed by atoms with E-state index in [1.54, 1.807) is 12.1 Å². The van der Waals surface area contributed by atoms with Crippen molar-refractivity contribution < 1.29 is 17.9 Å². The fraction of sp³-hybridized carbons (Fsp3) is 0.475. The molecule has 0 N–H and O–H groups in total. The minimum Gasteiger partial charge on any atom is -0.344 e. The maximum Gasteiger partial charge on any atom is 0.209 e. The van der Waals surface area contributed by atoms with Crippen LogP contribution in [0, 0.1) is 12.7 Å². The number of benzene rings is 2. The fourth-order valence-corrected chi connectivity index (χ4v) is 6.81. The highest BCUT2D eigenvalue weighted by atomic mass is 19.1. The van der Waals surface area contributed by atoms with Crippen molar-refractivity contribution >= 4 is 17.1 Å². The maximum atomic E-state index is 14.3. The monoisotopic (exact) mass is 613 g/mol. The molecule has 4 nitrogen and oxygen atoms in total. The molecule has 0 saturated carbocycles. The zero-order chi connectivity index (χ0) is 33.2. The number of nitrogens with zero attached hydrogens (tertiary/aromatic N) is 4. The lowest BCUT2D eigenvalue weighted by Crippen LogP contribution is -2.37. The molecule has 0 unspecified atom stereocenters. The highest BCUT2D eigenvalue weighted by Crippen LogP contribution is 2.48. The lowest BCUT2D eigenvalue weighted by atomic mass is 9.81. The van der Waals surface area contributed by atoms with E-state index in [9.17, 15) is 4.39 Å². The van der Waals surface area contributed by atoms with Gasteiger partial charge < -0.3 is 13.9 Å². The van der Waals surface area contributed by atoms with Crippen LogP contribution >= 0.6 is 0 Å². The average molecular weight is 614 g/mol. The lowest BCUT2D eigenvalue weighted by molar-refractivity contribution is -0.871. The topological polar surface area (TPSA) is 6.25 Å². The number of halogens is 1. The molecule has 5 heteroatoms. The van der Waals surface area contributed by atoms with Crippen molar-refractivity contribution in [1.29, 1.82) is 0 Å². The van der Waals surface area contributed by atoms with E-state index in [2.05, 4.69) is 147 Å². The maximum absolute atomic E-state index is 14.3. The normalized spacial score (nSPS) is 18.8. The van der Waals surface area contributed by atoms with E-state index in [-0.39, 0.29) is 16.6 Å². The third kappa shape index (κ3) is 8.12. The number of fused-ring (bicyclic) bond motifs is 2. The van der Waals surface area contributed by atoms with Gasteiger partial charge in [-0.25, -0.2) is 4.39 Å². The van der Waals surface area contributed by atoms with Crippen molar-refractivity contribution in [3.05, 3.63) is 107 Å². The average Bonchev–Trinajstić information content (AvgIpc) is 3.25. The first-order valence-electron chi connectivity index (χ1n) is 16.6. The Balaban J connectivity index is 1.54. The van der Waals surface area contributed by atoms with Gasteiger partial charge in [0.25, 0.3) is 0 Å². The minimum absolute atomic E-state index is 0.0552. The van der Waals surface area contributed by atoms with Crippen LogP contribution in [0.1, 0.15) is 57.2 Å². The van der Waals surface area contributed by atoms with E-state index < -0.39 is 0 Å². The van der Waals surface area contributed by atoms with Crippen LogP contribution in [-0.4, -0.2) is 87.7 Å². The van der Waals surface area contributed by atoms with E-state index in [4.69, 9.17) is 0 Å². The number of quaternary nitrogens is 2. The molecular weight excluding hydrogens is 555 g/mol. The van der Waals surface area contributed by atoms with Crippen LogP contribution in [0.5, 0.6) is 0 Å². The highest BCUT2D eigenvalue weighted by Gasteiger charge is 2.44. The summed E-state index contributed by atoms with van der Waals surface area (Å²) >= 11 is 0. The summed E-state index contributed by atoms with van der Waals surface area (Å²) in [6.45, 7) is 15.4. The molecular formula is C40H58FN4+3. The van der Waals surface area contributed by atoms with Crippen molar-refractivity contribution in [1.82, 2.24) is 0 Å². The quantitative estimate of drug-likeness (QED) is 0.133. The predicted molar refractivity (Wildman–Crippen MR) is 191 cm³/mol. The van der Waals surface area contributed by atoms with E-state index >= 15 is 0 Å². The van der Waals surface area contributed by atoms with Gasteiger partial charge in [0.1, 0.15) is 5.82 Å². The van der Waals surface area contributed by atoms with E-state index in [0.29, 0.717) is 0 Å². The first kappa shape index (κ1) is 34.6. The van der Waals surface area contributed by atoms with Gasteiger partial charge in [0.2, 0.25) is 5.69 Å². The molecule has 0 amide bonds. The van der Waals surface area contributed by atoms with Crippen LogP contribution in [0.25, 0.3) is 0 Å². The molecule has 0 radical (unpaired) electrons. The van der Waals surface area contributed by atoms with Gasteiger partial charge >= 0.3 is 0 Å². The van der Waals surface area contributed by atoms with Crippen LogP contribution in [0.4, 0.5) is 15.8 Å². The Bertz CT molecular complexity index is 1540. The minimum atomic E-state index is -0.268. The third-order valence-corrected chi connectivity index (χ3v) is 9.28. The van der Waals surface area contributed by atoms with Gasteiger partial charge in [-0.2, -0.15) is 4.58 Å². The summed E-state index contributed by atoms with van der Waals surface area (Å²) in [6, 6.07) is 12.1. The number of anilines is 1. The van der Waals surface area contributed by atoms with Crippen molar-refractivity contribution in [2.75, 3.05) is 73.4 Å². The van der Waals surface area contributed by atoms with Crippen LogP contribution in [0.15, 0.2) is 84.6 Å². The summed E-state index contributed by atoms with van der Waals surface area (Å²) < 4.78 is 18.6.